The number of ether oxygens (including phenoxy) is 1. The third kappa shape index (κ3) is 2.70. The lowest BCUT2D eigenvalue weighted by molar-refractivity contribution is 0.150. The quantitative estimate of drug-likeness (QED) is 0.879. The molecule has 0 aromatic carbocycles. The van der Waals surface area contributed by atoms with E-state index in [4.69, 9.17) is 4.74 Å². The lowest BCUT2D eigenvalue weighted by Crippen LogP contribution is -2.26. The zero-order chi connectivity index (χ0) is 15.7. The van der Waals surface area contributed by atoms with E-state index in [1.807, 2.05) is 30.8 Å². The molecule has 120 valence electrons. The average molecular weight is 306 g/mol. The average Bonchev–Trinajstić information content (AvgIpc) is 3.14. The molecule has 1 heterocycles. The molecule has 2 aliphatic carbocycles. The molecule has 3 atom stereocenters. The maximum Gasteiger partial charge on any atom is 0.160 e. The molecule has 3 rings (SSSR count). The van der Waals surface area contributed by atoms with E-state index in [1.165, 1.54) is 6.08 Å². The van der Waals surface area contributed by atoms with Crippen LogP contribution in [-0.4, -0.2) is 28.1 Å². The minimum absolute atomic E-state index is 0.0922. The van der Waals surface area contributed by atoms with Crippen molar-refractivity contribution in [3.8, 4) is 5.75 Å². The molecule has 0 amide bonds. The molecular formula is C17H23FN2O2. The molecule has 1 N–H and O–H groups in total. The molecule has 1 aromatic rings. The van der Waals surface area contributed by atoms with Gasteiger partial charge in [0.05, 0.1) is 12.8 Å². The normalized spacial score (nSPS) is 30.3. The van der Waals surface area contributed by atoms with Gasteiger partial charge in [-0.1, -0.05) is 12.2 Å². The fraction of sp³-hybridized carbons (Fsp3) is 0.588. The van der Waals surface area contributed by atoms with Crippen LogP contribution in [0.5, 0.6) is 5.75 Å². The van der Waals surface area contributed by atoms with Gasteiger partial charge in [0, 0.05) is 25.0 Å². The van der Waals surface area contributed by atoms with Crippen molar-refractivity contribution in [3.05, 3.63) is 35.9 Å². The van der Waals surface area contributed by atoms with Gasteiger partial charge in [-0.15, -0.1) is 0 Å². The maximum atomic E-state index is 13.6. The standard InChI is InChI=1S/C17H23FN2O2/c1-3-20-9-16(12(2)19-20)22-11-17(8-14(17)10-21)13-5-4-6-15(18)7-13/h4-6,9,13-14,21H,3,7-8,10-11H2,1-2H3/t13?,14-,17+/m0/s1. The fourth-order valence-corrected chi connectivity index (χ4v) is 3.43. The van der Waals surface area contributed by atoms with Gasteiger partial charge < -0.3 is 9.84 Å². The fourth-order valence-electron chi connectivity index (χ4n) is 3.43. The number of halogens is 1. The highest BCUT2D eigenvalue weighted by Gasteiger charge is 2.58. The van der Waals surface area contributed by atoms with Crippen LogP contribution in [0.1, 0.15) is 25.5 Å². The summed E-state index contributed by atoms with van der Waals surface area (Å²) in [5.41, 5.74) is 0.709. The largest absolute Gasteiger partial charge is 0.489 e. The maximum absolute atomic E-state index is 13.6. The monoisotopic (exact) mass is 306 g/mol. The number of hydrogen-bond acceptors (Lipinski definition) is 3. The Kier molecular flexibility index (Phi) is 4.08. The molecule has 2 aliphatic rings. The van der Waals surface area contributed by atoms with Gasteiger partial charge in [-0.3, -0.25) is 4.68 Å². The number of aromatic nitrogens is 2. The van der Waals surface area contributed by atoms with E-state index in [2.05, 4.69) is 5.10 Å². The van der Waals surface area contributed by atoms with Gasteiger partial charge in [0.25, 0.3) is 0 Å². The molecule has 0 spiro atoms. The molecule has 0 bridgehead atoms. The van der Waals surface area contributed by atoms with E-state index < -0.39 is 0 Å². The first-order chi connectivity index (χ1) is 10.6. The number of allylic oxidation sites excluding steroid dienone is 4. The van der Waals surface area contributed by atoms with Crippen LogP contribution in [0.15, 0.2) is 30.3 Å². The second-order valence-electron chi connectivity index (χ2n) is 6.35. The highest BCUT2D eigenvalue weighted by molar-refractivity contribution is 5.25. The number of rotatable bonds is 6. The summed E-state index contributed by atoms with van der Waals surface area (Å²) in [7, 11) is 0. The van der Waals surface area contributed by atoms with E-state index >= 15 is 0 Å². The Morgan fingerprint density at radius 1 is 1.55 bits per heavy atom. The minimum Gasteiger partial charge on any atom is -0.489 e. The van der Waals surface area contributed by atoms with Gasteiger partial charge in [0.15, 0.2) is 5.75 Å². The Balaban J connectivity index is 1.71. The van der Waals surface area contributed by atoms with Crippen LogP contribution in [-0.2, 0) is 6.54 Å². The Labute approximate surface area is 130 Å². The summed E-state index contributed by atoms with van der Waals surface area (Å²) in [6, 6.07) is 0. The van der Waals surface area contributed by atoms with Crippen LogP contribution in [0.4, 0.5) is 4.39 Å². The minimum atomic E-state index is -0.155. The van der Waals surface area contributed by atoms with Crippen molar-refractivity contribution in [1.29, 1.82) is 0 Å². The summed E-state index contributed by atoms with van der Waals surface area (Å²) < 4.78 is 21.4. The van der Waals surface area contributed by atoms with Crippen LogP contribution in [0.3, 0.4) is 0 Å². The Morgan fingerprint density at radius 2 is 2.36 bits per heavy atom. The molecule has 0 aliphatic heterocycles. The van der Waals surface area contributed by atoms with E-state index in [-0.39, 0.29) is 29.7 Å². The molecule has 1 saturated carbocycles. The van der Waals surface area contributed by atoms with Crippen molar-refractivity contribution in [3.63, 3.8) is 0 Å². The van der Waals surface area contributed by atoms with E-state index in [1.54, 1.807) is 6.08 Å². The number of aryl methyl sites for hydroxylation is 2. The van der Waals surface area contributed by atoms with E-state index in [0.29, 0.717) is 13.0 Å². The third-order valence-corrected chi connectivity index (χ3v) is 5.00. The van der Waals surface area contributed by atoms with Crippen molar-refractivity contribution >= 4 is 0 Å². The smallest absolute Gasteiger partial charge is 0.160 e. The highest BCUT2D eigenvalue weighted by atomic mass is 19.1. The number of nitrogens with zero attached hydrogens (tertiary/aromatic N) is 2. The zero-order valence-electron chi connectivity index (χ0n) is 13.1. The predicted molar refractivity (Wildman–Crippen MR) is 82.2 cm³/mol. The molecule has 22 heavy (non-hydrogen) atoms. The molecule has 4 nitrogen and oxygen atoms in total. The number of aliphatic hydroxyl groups excluding tert-OH is 1. The third-order valence-electron chi connectivity index (χ3n) is 5.00. The van der Waals surface area contributed by atoms with E-state index in [0.717, 1.165) is 24.4 Å². The Hall–Kier alpha value is -1.62. The second kappa shape index (κ2) is 5.88. The molecule has 0 saturated heterocycles. The lowest BCUT2D eigenvalue weighted by Gasteiger charge is -2.27. The first-order valence-electron chi connectivity index (χ1n) is 7.89. The SMILES string of the molecule is CCn1cc(OC[C@@]2(C3C=CC=C(F)C3)C[C@H]2CO)c(C)n1. The summed E-state index contributed by atoms with van der Waals surface area (Å²) >= 11 is 0. The predicted octanol–water partition coefficient (Wildman–Crippen LogP) is 3.02. The molecule has 1 aromatic heterocycles. The summed E-state index contributed by atoms with van der Waals surface area (Å²) in [5, 5.41) is 13.9. The van der Waals surface area contributed by atoms with Crippen molar-refractivity contribution in [2.75, 3.05) is 13.2 Å². The molecule has 5 heteroatoms. The van der Waals surface area contributed by atoms with Crippen molar-refractivity contribution < 1.29 is 14.2 Å². The highest BCUT2D eigenvalue weighted by Crippen LogP contribution is 2.60. The topological polar surface area (TPSA) is 47.3 Å². The summed E-state index contributed by atoms with van der Waals surface area (Å²) in [6.07, 6.45) is 8.52. The summed E-state index contributed by atoms with van der Waals surface area (Å²) in [6.45, 7) is 5.38. The molecular weight excluding hydrogens is 283 g/mol. The number of aliphatic hydroxyl groups is 1. The van der Waals surface area contributed by atoms with Gasteiger partial charge in [-0.05, 0) is 38.2 Å². The number of hydrogen-bond donors (Lipinski definition) is 1. The van der Waals surface area contributed by atoms with Crippen molar-refractivity contribution in [1.82, 2.24) is 9.78 Å². The first-order valence-corrected chi connectivity index (χ1v) is 7.89. The summed E-state index contributed by atoms with van der Waals surface area (Å²) in [4.78, 5) is 0. The van der Waals surface area contributed by atoms with E-state index in [9.17, 15) is 9.50 Å². The van der Waals surface area contributed by atoms with Crippen LogP contribution in [0.25, 0.3) is 0 Å². The summed E-state index contributed by atoms with van der Waals surface area (Å²) in [5.74, 6) is 0.969. The van der Waals surface area contributed by atoms with Crippen LogP contribution in [0.2, 0.25) is 0 Å². The Morgan fingerprint density at radius 3 is 2.95 bits per heavy atom. The second-order valence-corrected chi connectivity index (χ2v) is 6.35. The van der Waals surface area contributed by atoms with Gasteiger partial charge in [0.2, 0.25) is 0 Å². The van der Waals surface area contributed by atoms with Crippen molar-refractivity contribution in [2.45, 2.75) is 33.2 Å². The van der Waals surface area contributed by atoms with Gasteiger partial charge >= 0.3 is 0 Å². The van der Waals surface area contributed by atoms with Crippen LogP contribution >= 0.6 is 0 Å². The molecule has 1 fully saturated rings. The van der Waals surface area contributed by atoms with Gasteiger partial charge in [-0.2, -0.15) is 5.10 Å². The van der Waals surface area contributed by atoms with Crippen LogP contribution < -0.4 is 4.74 Å². The Bertz CT molecular complexity index is 608. The van der Waals surface area contributed by atoms with Gasteiger partial charge in [0.1, 0.15) is 11.5 Å². The molecule has 1 unspecified atom stereocenters. The van der Waals surface area contributed by atoms with Crippen LogP contribution in [0, 0.1) is 24.2 Å². The lowest BCUT2D eigenvalue weighted by atomic mass is 9.82. The van der Waals surface area contributed by atoms with Crippen molar-refractivity contribution in [2.24, 2.45) is 17.3 Å². The zero-order valence-corrected chi connectivity index (χ0v) is 13.1. The first kappa shape index (κ1) is 15.3. The molecule has 0 radical (unpaired) electrons. The van der Waals surface area contributed by atoms with Gasteiger partial charge in [-0.25, -0.2) is 4.39 Å².